The first-order valence-corrected chi connectivity index (χ1v) is 19.0. The number of nitrogens with zero attached hydrogens (tertiary/aromatic N) is 6. The number of hydrogen-bond acceptors (Lipinski definition) is 10. The van der Waals surface area contributed by atoms with Crippen molar-refractivity contribution in [2.45, 2.75) is 66.5 Å². The number of ketones is 1. The van der Waals surface area contributed by atoms with Crippen LogP contribution in [0.5, 0.6) is 0 Å². The van der Waals surface area contributed by atoms with Gasteiger partial charge in [0.25, 0.3) is 5.91 Å². The van der Waals surface area contributed by atoms with Gasteiger partial charge in [-0.15, -0.1) is 5.10 Å². The van der Waals surface area contributed by atoms with Crippen molar-refractivity contribution in [2.75, 3.05) is 12.3 Å². The van der Waals surface area contributed by atoms with Crippen LogP contribution in [0.15, 0.2) is 95.0 Å². The van der Waals surface area contributed by atoms with Crippen LogP contribution in [0, 0.1) is 0 Å². The van der Waals surface area contributed by atoms with E-state index < -0.39 is 62.5 Å². The smallest absolute Gasteiger partial charge is 0.344 e. The zero-order valence-electron chi connectivity index (χ0n) is 27.8. The van der Waals surface area contributed by atoms with Crippen molar-refractivity contribution in [2.24, 2.45) is 0 Å². The quantitative estimate of drug-likeness (QED) is 0.204. The summed E-state index contributed by atoms with van der Waals surface area (Å²) in [6.07, 6.45) is -4.64. The van der Waals surface area contributed by atoms with E-state index in [1.165, 1.54) is 4.68 Å². The van der Waals surface area contributed by atoms with Crippen molar-refractivity contribution in [3.8, 4) is 5.69 Å². The van der Waals surface area contributed by atoms with Gasteiger partial charge >= 0.3 is 6.18 Å². The minimum atomic E-state index is -4.69. The fraction of sp³-hybridized carbons (Fsp3) is 0.324. The number of hydrogen-bond donors (Lipinski definition) is 2. The number of tetrazole rings is 1. The first kappa shape index (κ1) is 37.6. The Balaban J connectivity index is 1.20. The van der Waals surface area contributed by atoms with Crippen molar-refractivity contribution in [3.63, 3.8) is 0 Å². The Morgan fingerprint density at radius 1 is 0.943 bits per heavy atom. The van der Waals surface area contributed by atoms with Gasteiger partial charge in [0.2, 0.25) is 27.0 Å². The highest BCUT2D eigenvalue weighted by molar-refractivity contribution is 7.99. The Labute approximate surface area is 306 Å². The number of nitrogens with one attached hydrogen (secondary N) is 2. The minimum Gasteiger partial charge on any atom is -0.344 e. The van der Waals surface area contributed by atoms with E-state index in [4.69, 9.17) is 0 Å². The average molecular weight is 771 g/mol. The summed E-state index contributed by atoms with van der Waals surface area (Å²) in [6.45, 7) is 0.0892. The number of benzene rings is 3. The van der Waals surface area contributed by atoms with Gasteiger partial charge in [-0.1, -0.05) is 60.3 Å². The number of aromatic nitrogens is 4. The number of para-hydroxylation sites is 1. The van der Waals surface area contributed by atoms with Gasteiger partial charge in [-0.2, -0.15) is 22.6 Å². The molecule has 0 aliphatic carbocycles. The van der Waals surface area contributed by atoms with Crippen LogP contribution in [0.3, 0.4) is 0 Å². The second-order valence-corrected chi connectivity index (χ2v) is 15.0. The van der Waals surface area contributed by atoms with Crippen molar-refractivity contribution in [3.05, 3.63) is 96.1 Å². The number of fused-ring (bicyclic) bond motifs is 1. The van der Waals surface area contributed by atoms with Crippen molar-refractivity contribution < 1.29 is 40.8 Å². The van der Waals surface area contributed by atoms with Crippen molar-refractivity contribution in [1.29, 1.82) is 0 Å². The fourth-order valence-corrected chi connectivity index (χ4v) is 8.11. The Hall–Kier alpha value is -5.14. The third-order valence-corrected chi connectivity index (χ3v) is 11.2. The lowest BCUT2D eigenvalue weighted by Crippen LogP contribution is -2.64. The molecule has 6 rings (SSSR count). The molecule has 3 atom stereocenters. The maximum absolute atomic E-state index is 14.1. The lowest BCUT2D eigenvalue weighted by Gasteiger charge is -2.43. The number of hydrazine groups is 1. The van der Waals surface area contributed by atoms with E-state index in [1.54, 1.807) is 42.5 Å². The molecule has 2 aliphatic rings. The van der Waals surface area contributed by atoms with Gasteiger partial charge in [0.1, 0.15) is 12.1 Å². The summed E-state index contributed by atoms with van der Waals surface area (Å²) in [7, 11) is -4.53. The summed E-state index contributed by atoms with van der Waals surface area (Å²) in [4.78, 5) is 54.5. The topological polar surface area (TPSA) is 177 Å². The molecule has 3 heterocycles. The zero-order chi connectivity index (χ0) is 37.8. The predicted molar refractivity (Wildman–Crippen MR) is 183 cm³/mol. The molecule has 0 bridgehead atoms. The summed E-state index contributed by atoms with van der Waals surface area (Å²) < 4.78 is 69.4. The Morgan fingerprint density at radius 3 is 2.30 bits per heavy atom. The number of halogens is 3. The second-order valence-electron chi connectivity index (χ2n) is 12.3. The third-order valence-electron chi connectivity index (χ3n) is 8.73. The molecule has 0 saturated carbocycles. The SMILES string of the molecule is O=C(CSc1nnnn1-c1ccccc1)[C@H](Cc1ccccc1)NC(=O)[C@@H]1CCCN2C(=O)CCC(NS(=O)(=O)c3ccc(C(F)(F)F)cc3)C(=O)N12. The molecule has 1 aromatic heterocycles. The number of thioether (sulfide) groups is 1. The maximum Gasteiger partial charge on any atom is 0.416 e. The molecule has 14 nitrogen and oxygen atoms in total. The maximum atomic E-state index is 14.1. The van der Waals surface area contributed by atoms with Crippen LogP contribution in [-0.2, 0) is 41.8 Å². The minimum absolute atomic E-state index is 0.0892. The lowest BCUT2D eigenvalue weighted by atomic mass is 10.0. The van der Waals surface area contributed by atoms with Gasteiger partial charge < -0.3 is 5.32 Å². The molecule has 2 N–H and O–H groups in total. The van der Waals surface area contributed by atoms with E-state index >= 15 is 0 Å². The van der Waals surface area contributed by atoms with Crippen LogP contribution in [0.1, 0.15) is 36.8 Å². The number of Topliss-reactive ketones (excluding diaryl/α,β-unsaturated/α-hetero) is 1. The highest BCUT2D eigenvalue weighted by atomic mass is 32.2. The lowest BCUT2D eigenvalue weighted by molar-refractivity contribution is -0.176. The van der Waals surface area contributed by atoms with E-state index in [0.29, 0.717) is 29.4 Å². The van der Waals surface area contributed by atoms with Gasteiger partial charge in [0.05, 0.1) is 27.9 Å². The van der Waals surface area contributed by atoms with Crippen LogP contribution in [0.2, 0.25) is 0 Å². The summed E-state index contributed by atoms with van der Waals surface area (Å²) >= 11 is 1.07. The Kier molecular flexibility index (Phi) is 11.2. The number of carbonyl (C=O) groups is 4. The highest BCUT2D eigenvalue weighted by Crippen LogP contribution is 2.30. The van der Waals surface area contributed by atoms with Crippen LogP contribution >= 0.6 is 11.8 Å². The molecular weight excluding hydrogens is 738 g/mol. The largest absolute Gasteiger partial charge is 0.416 e. The van der Waals surface area contributed by atoms with Crippen LogP contribution in [0.25, 0.3) is 5.69 Å². The molecule has 3 amide bonds. The normalized spacial score (nSPS) is 18.6. The summed E-state index contributed by atoms with van der Waals surface area (Å²) in [5.74, 6) is -2.63. The van der Waals surface area contributed by atoms with Gasteiger partial charge in [-0.3, -0.25) is 24.2 Å². The van der Waals surface area contributed by atoms with Gasteiger partial charge in [0, 0.05) is 13.0 Å². The molecule has 1 unspecified atom stereocenters. The molecule has 4 aromatic rings. The van der Waals surface area contributed by atoms with Gasteiger partial charge in [0.15, 0.2) is 5.78 Å². The van der Waals surface area contributed by atoms with E-state index in [-0.39, 0.29) is 43.8 Å². The molecule has 3 aromatic carbocycles. The van der Waals surface area contributed by atoms with Crippen molar-refractivity contribution in [1.82, 2.24) is 40.3 Å². The van der Waals surface area contributed by atoms with E-state index in [1.807, 2.05) is 18.2 Å². The highest BCUT2D eigenvalue weighted by Gasteiger charge is 2.46. The second kappa shape index (κ2) is 15.8. The molecule has 53 heavy (non-hydrogen) atoms. The number of carbonyl (C=O) groups excluding carboxylic acids is 4. The molecule has 2 fully saturated rings. The van der Waals surface area contributed by atoms with Gasteiger partial charge in [-0.25, -0.2) is 13.4 Å². The molecule has 0 radical (unpaired) electrons. The molecular formula is C34H33F3N8O6S2. The summed E-state index contributed by atoms with van der Waals surface area (Å²) in [6, 6.07) is 16.9. The molecule has 2 saturated heterocycles. The number of sulfonamides is 1. The van der Waals surface area contributed by atoms with E-state index in [9.17, 15) is 40.8 Å². The van der Waals surface area contributed by atoms with E-state index in [2.05, 4.69) is 25.6 Å². The average Bonchev–Trinajstić information content (AvgIpc) is 3.59. The molecule has 0 spiro atoms. The van der Waals surface area contributed by atoms with E-state index in [0.717, 1.165) is 39.5 Å². The Bertz CT molecular complexity index is 2070. The van der Waals surface area contributed by atoms with Gasteiger partial charge in [-0.05, 0) is 78.1 Å². The number of alkyl halides is 3. The van der Waals surface area contributed by atoms with Crippen LogP contribution in [0.4, 0.5) is 13.2 Å². The van der Waals surface area contributed by atoms with Crippen LogP contribution < -0.4 is 10.0 Å². The third kappa shape index (κ3) is 8.74. The van der Waals surface area contributed by atoms with Crippen LogP contribution in [-0.4, -0.2) is 92.6 Å². The zero-order valence-corrected chi connectivity index (χ0v) is 29.5. The molecule has 278 valence electrons. The standard InChI is InChI=1S/C34H33F3N8O6S2/c35-34(36,37)23-13-15-25(16-14-23)53(50,51)40-26-17-18-30(47)43-19-7-12-28(45(43)32(26)49)31(48)38-27(20-22-8-3-1-4-9-22)29(46)21-52-33-39-41-42-44(33)24-10-5-2-6-11-24/h1-6,8-11,13-16,26-28,40H,7,12,17-21H2,(H,38,48)/t26?,27-,28-/m0/s1. The first-order chi connectivity index (χ1) is 25.3. The van der Waals surface area contributed by atoms with Crippen molar-refractivity contribution >= 4 is 45.3 Å². The first-order valence-electron chi connectivity index (χ1n) is 16.5. The predicted octanol–water partition coefficient (Wildman–Crippen LogP) is 2.95. The summed E-state index contributed by atoms with van der Waals surface area (Å²) in [5, 5.41) is 16.9. The number of amides is 3. The monoisotopic (exact) mass is 770 g/mol. The number of rotatable bonds is 12. The molecule has 2 aliphatic heterocycles. The molecule has 19 heteroatoms. The Morgan fingerprint density at radius 2 is 1.62 bits per heavy atom. The summed E-state index contributed by atoms with van der Waals surface area (Å²) in [5.41, 5.74) is 0.370. The fourth-order valence-electron chi connectivity index (χ4n) is 6.06.